The van der Waals surface area contributed by atoms with Gasteiger partial charge < -0.3 is 15.2 Å². The number of carbonyl (C=O) groups excluding carboxylic acids is 2. The first-order valence-electron chi connectivity index (χ1n) is 8.95. The molecule has 0 saturated carbocycles. The Morgan fingerprint density at radius 1 is 1.38 bits per heavy atom. The van der Waals surface area contributed by atoms with Crippen LogP contribution in [-0.4, -0.2) is 33.3 Å². The molecule has 0 bridgehead atoms. The third-order valence-corrected chi connectivity index (χ3v) is 4.57. The first kappa shape index (κ1) is 18.2. The molecule has 1 atom stereocenters. The van der Waals surface area contributed by atoms with Crippen LogP contribution in [0.3, 0.4) is 0 Å². The summed E-state index contributed by atoms with van der Waals surface area (Å²) in [6.45, 7) is 6.73. The Hall–Kier alpha value is -2.64. The highest BCUT2D eigenvalue weighted by molar-refractivity contribution is 6.08. The van der Waals surface area contributed by atoms with Gasteiger partial charge in [0.1, 0.15) is 11.5 Å². The molecule has 26 heavy (non-hydrogen) atoms. The number of hydrogen-bond donors (Lipinski definition) is 2. The minimum absolute atomic E-state index is 0.273. The van der Waals surface area contributed by atoms with Crippen molar-refractivity contribution in [3.05, 3.63) is 28.9 Å². The molecule has 3 rings (SSSR count). The zero-order valence-corrected chi connectivity index (χ0v) is 15.6. The smallest absolute Gasteiger partial charge is 0.278 e. The van der Waals surface area contributed by atoms with Crippen molar-refractivity contribution in [2.75, 3.05) is 11.9 Å². The van der Waals surface area contributed by atoms with Crippen molar-refractivity contribution in [2.45, 2.75) is 40.0 Å². The van der Waals surface area contributed by atoms with Crippen molar-refractivity contribution in [1.82, 2.24) is 20.3 Å². The maximum absolute atomic E-state index is 12.7. The fourth-order valence-electron chi connectivity index (χ4n) is 3.12. The van der Waals surface area contributed by atoms with Crippen molar-refractivity contribution < 1.29 is 14.1 Å². The number of anilines is 1. The Kier molecular flexibility index (Phi) is 5.11. The summed E-state index contributed by atoms with van der Waals surface area (Å²) in [6, 6.07) is 0. The molecular weight excluding hydrogens is 334 g/mol. The third-order valence-electron chi connectivity index (χ3n) is 4.57. The normalized spacial score (nSPS) is 16.4. The van der Waals surface area contributed by atoms with E-state index in [1.54, 1.807) is 7.05 Å². The summed E-state index contributed by atoms with van der Waals surface area (Å²) >= 11 is 0. The summed E-state index contributed by atoms with van der Waals surface area (Å²) in [5.41, 5.74) is 1.84. The van der Waals surface area contributed by atoms with Crippen LogP contribution in [0.2, 0.25) is 0 Å². The van der Waals surface area contributed by atoms with Crippen LogP contribution in [0.25, 0.3) is 0 Å². The van der Waals surface area contributed by atoms with E-state index in [0.717, 1.165) is 30.6 Å². The van der Waals surface area contributed by atoms with Crippen LogP contribution in [0.1, 0.15) is 59.5 Å². The summed E-state index contributed by atoms with van der Waals surface area (Å²) in [5.74, 6) is 0.951. The molecule has 8 nitrogen and oxygen atoms in total. The van der Waals surface area contributed by atoms with Crippen LogP contribution < -0.4 is 10.6 Å². The highest BCUT2D eigenvalue weighted by Crippen LogP contribution is 2.28. The second-order valence-corrected chi connectivity index (χ2v) is 7.37. The standard InChI is InChI=1S/C18H25N5O3/c1-10(2)8-19-18(25)16-13(9-20-23(16)4)21-17(24)15-12-7-11(3)5-6-14(12)26-22-15/h9-11H,5-8H2,1-4H3,(H,19,25)(H,21,24). The van der Waals surface area contributed by atoms with Gasteiger partial charge in [0.15, 0.2) is 5.69 Å². The Bertz CT molecular complexity index is 821. The molecule has 2 aromatic heterocycles. The van der Waals surface area contributed by atoms with Gasteiger partial charge in [-0.25, -0.2) is 0 Å². The van der Waals surface area contributed by atoms with E-state index in [0.29, 0.717) is 35.5 Å². The van der Waals surface area contributed by atoms with E-state index in [4.69, 9.17) is 4.52 Å². The summed E-state index contributed by atoms with van der Waals surface area (Å²) in [6.07, 6.45) is 4.08. The summed E-state index contributed by atoms with van der Waals surface area (Å²) in [7, 11) is 1.67. The summed E-state index contributed by atoms with van der Waals surface area (Å²) in [4.78, 5) is 25.1. The van der Waals surface area contributed by atoms with Crippen LogP contribution in [0.5, 0.6) is 0 Å². The highest BCUT2D eigenvalue weighted by Gasteiger charge is 2.28. The number of amides is 2. The number of aromatic nitrogens is 3. The van der Waals surface area contributed by atoms with Crippen molar-refractivity contribution >= 4 is 17.5 Å². The molecule has 0 aliphatic heterocycles. The molecule has 0 saturated heterocycles. The van der Waals surface area contributed by atoms with Crippen LogP contribution in [0, 0.1) is 11.8 Å². The van der Waals surface area contributed by atoms with Gasteiger partial charge in [0.05, 0.1) is 11.9 Å². The Morgan fingerprint density at radius 3 is 2.88 bits per heavy atom. The second-order valence-electron chi connectivity index (χ2n) is 7.37. The molecule has 0 fully saturated rings. The fraction of sp³-hybridized carbons (Fsp3) is 0.556. The molecular formula is C18H25N5O3. The lowest BCUT2D eigenvalue weighted by Crippen LogP contribution is -2.30. The number of nitrogens with zero attached hydrogens (tertiary/aromatic N) is 3. The second kappa shape index (κ2) is 7.31. The van der Waals surface area contributed by atoms with E-state index >= 15 is 0 Å². The zero-order valence-electron chi connectivity index (χ0n) is 15.6. The van der Waals surface area contributed by atoms with Crippen LogP contribution in [-0.2, 0) is 19.9 Å². The topological polar surface area (TPSA) is 102 Å². The maximum Gasteiger partial charge on any atom is 0.278 e. The molecule has 0 aromatic carbocycles. The van der Waals surface area contributed by atoms with Gasteiger partial charge in [0.25, 0.3) is 11.8 Å². The van der Waals surface area contributed by atoms with Crippen molar-refractivity contribution in [3.8, 4) is 0 Å². The van der Waals surface area contributed by atoms with Gasteiger partial charge in [-0.1, -0.05) is 25.9 Å². The van der Waals surface area contributed by atoms with E-state index in [-0.39, 0.29) is 11.8 Å². The number of rotatable bonds is 5. The Morgan fingerprint density at radius 2 is 2.15 bits per heavy atom. The van der Waals surface area contributed by atoms with Gasteiger partial charge in [-0.3, -0.25) is 14.3 Å². The van der Waals surface area contributed by atoms with E-state index in [1.807, 2.05) is 13.8 Å². The minimum atomic E-state index is -0.380. The van der Waals surface area contributed by atoms with E-state index in [1.165, 1.54) is 10.9 Å². The molecule has 1 aliphatic rings. The molecule has 0 spiro atoms. The molecule has 0 radical (unpaired) electrons. The van der Waals surface area contributed by atoms with Gasteiger partial charge in [0, 0.05) is 25.6 Å². The molecule has 140 valence electrons. The molecule has 2 N–H and O–H groups in total. The molecule has 8 heteroatoms. The number of fused-ring (bicyclic) bond motifs is 1. The first-order valence-corrected chi connectivity index (χ1v) is 8.95. The minimum Gasteiger partial charge on any atom is -0.360 e. The number of hydrogen-bond acceptors (Lipinski definition) is 5. The van der Waals surface area contributed by atoms with Gasteiger partial charge in [-0.15, -0.1) is 0 Å². The molecule has 2 amide bonds. The SMILES string of the molecule is CC(C)CNC(=O)c1c(NC(=O)c2noc3c2CC(C)CC3)cnn1C. The lowest BCUT2D eigenvalue weighted by Gasteiger charge is -2.16. The average Bonchev–Trinajstić information content (AvgIpc) is 3.16. The van der Waals surface area contributed by atoms with Gasteiger partial charge >= 0.3 is 0 Å². The van der Waals surface area contributed by atoms with Crippen LogP contribution in [0.4, 0.5) is 5.69 Å². The van der Waals surface area contributed by atoms with Crippen molar-refractivity contribution in [3.63, 3.8) is 0 Å². The third kappa shape index (κ3) is 3.63. The summed E-state index contributed by atoms with van der Waals surface area (Å²) in [5, 5.41) is 13.7. The molecule has 2 heterocycles. The number of carbonyl (C=O) groups is 2. The largest absolute Gasteiger partial charge is 0.360 e. The van der Waals surface area contributed by atoms with Gasteiger partial charge in [0.2, 0.25) is 0 Å². The quantitative estimate of drug-likeness (QED) is 0.852. The van der Waals surface area contributed by atoms with E-state index < -0.39 is 0 Å². The fourth-order valence-corrected chi connectivity index (χ4v) is 3.12. The van der Waals surface area contributed by atoms with Crippen LogP contribution >= 0.6 is 0 Å². The Balaban J connectivity index is 1.79. The van der Waals surface area contributed by atoms with E-state index in [9.17, 15) is 9.59 Å². The number of aryl methyl sites for hydroxylation is 2. The predicted octanol–water partition coefficient (Wildman–Crippen LogP) is 2.17. The highest BCUT2D eigenvalue weighted by atomic mass is 16.5. The molecule has 1 aliphatic carbocycles. The van der Waals surface area contributed by atoms with Gasteiger partial charge in [-0.05, 0) is 24.7 Å². The van der Waals surface area contributed by atoms with Crippen LogP contribution in [0.15, 0.2) is 10.7 Å². The predicted molar refractivity (Wildman–Crippen MR) is 96.0 cm³/mol. The zero-order chi connectivity index (χ0) is 18.8. The number of nitrogens with one attached hydrogen (secondary N) is 2. The van der Waals surface area contributed by atoms with Gasteiger partial charge in [-0.2, -0.15) is 5.10 Å². The summed E-state index contributed by atoms with van der Waals surface area (Å²) < 4.78 is 6.78. The molecule has 2 aromatic rings. The van der Waals surface area contributed by atoms with Crippen molar-refractivity contribution in [1.29, 1.82) is 0 Å². The average molecular weight is 359 g/mol. The lowest BCUT2D eigenvalue weighted by atomic mass is 9.88. The van der Waals surface area contributed by atoms with Crippen molar-refractivity contribution in [2.24, 2.45) is 18.9 Å². The maximum atomic E-state index is 12.7. The molecule has 1 unspecified atom stereocenters. The Labute approximate surface area is 152 Å². The first-order chi connectivity index (χ1) is 12.4. The monoisotopic (exact) mass is 359 g/mol. The lowest BCUT2D eigenvalue weighted by molar-refractivity contribution is 0.0940. The van der Waals surface area contributed by atoms with E-state index in [2.05, 4.69) is 27.8 Å².